The van der Waals surface area contributed by atoms with Gasteiger partial charge in [-0.3, -0.25) is 10.1 Å². The lowest BCUT2D eigenvalue weighted by Gasteiger charge is -2.09. The average Bonchev–Trinajstić information content (AvgIpc) is 2.94. The van der Waals surface area contributed by atoms with Gasteiger partial charge in [0.15, 0.2) is 0 Å². The Kier molecular flexibility index (Phi) is 4.05. The van der Waals surface area contributed by atoms with E-state index in [1.165, 1.54) is 6.07 Å². The largest absolute Gasteiger partial charge is 0.399 e. The summed E-state index contributed by atoms with van der Waals surface area (Å²) >= 11 is 0. The fraction of sp³-hybridized carbons (Fsp3) is 0.118. The van der Waals surface area contributed by atoms with Crippen LogP contribution in [-0.4, -0.2) is 14.5 Å². The molecule has 1 aromatic heterocycles. The minimum atomic E-state index is -0.361. The van der Waals surface area contributed by atoms with Gasteiger partial charge in [0.2, 0.25) is 0 Å². The van der Waals surface area contributed by atoms with E-state index in [1.54, 1.807) is 24.4 Å². The number of rotatable bonds is 5. The lowest BCUT2D eigenvalue weighted by atomic mass is 10.1. The normalized spacial score (nSPS) is 10.6. The summed E-state index contributed by atoms with van der Waals surface area (Å²) in [5.41, 5.74) is 8.34. The summed E-state index contributed by atoms with van der Waals surface area (Å²) in [7, 11) is 0. The van der Waals surface area contributed by atoms with Gasteiger partial charge >= 0.3 is 0 Å². The molecule has 0 saturated heterocycles. The number of hydrogen-bond acceptors (Lipinski definition) is 4. The third-order valence-electron chi connectivity index (χ3n) is 3.64. The van der Waals surface area contributed by atoms with Crippen molar-refractivity contribution in [3.8, 4) is 0 Å². The highest BCUT2D eigenvalue weighted by Gasteiger charge is 2.15. The summed E-state index contributed by atoms with van der Waals surface area (Å²) < 4.78 is 1.98. The summed E-state index contributed by atoms with van der Waals surface area (Å²) in [5, 5.41) is 11.1. The highest BCUT2D eigenvalue weighted by atomic mass is 16.6. The summed E-state index contributed by atoms with van der Waals surface area (Å²) in [6.07, 6.45) is 3.98. The lowest BCUT2D eigenvalue weighted by Crippen LogP contribution is -2.06. The quantitative estimate of drug-likeness (QED) is 0.446. The minimum Gasteiger partial charge on any atom is -0.399 e. The highest BCUT2D eigenvalue weighted by molar-refractivity contribution is 5.42. The van der Waals surface area contributed by atoms with Gasteiger partial charge in [-0.2, -0.15) is 0 Å². The van der Waals surface area contributed by atoms with Gasteiger partial charge in [-0.25, -0.2) is 4.98 Å². The molecule has 3 aromatic rings. The van der Waals surface area contributed by atoms with Crippen molar-refractivity contribution in [2.45, 2.75) is 13.0 Å². The average molecular weight is 308 g/mol. The Labute approximate surface area is 133 Å². The van der Waals surface area contributed by atoms with E-state index in [1.807, 2.05) is 35.0 Å². The van der Waals surface area contributed by atoms with E-state index in [0.717, 1.165) is 11.4 Å². The molecule has 0 amide bonds. The summed E-state index contributed by atoms with van der Waals surface area (Å²) in [6, 6.07) is 14.4. The molecule has 0 saturated carbocycles. The monoisotopic (exact) mass is 308 g/mol. The molecular formula is C17H16N4O2. The molecule has 0 fully saturated rings. The molecular weight excluding hydrogens is 292 g/mol. The van der Waals surface area contributed by atoms with Crippen molar-refractivity contribution in [3.05, 3.63) is 88.0 Å². The van der Waals surface area contributed by atoms with Gasteiger partial charge in [-0.05, 0) is 17.7 Å². The van der Waals surface area contributed by atoms with E-state index in [0.29, 0.717) is 24.2 Å². The van der Waals surface area contributed by atoms with Gasteiger partial charge in [-0.1, -0.05) is 30.3 Å². The third kappa shape index (κ3) is 3.37. The van der Waals surface area contributed by atoms with Crippen LogP contribution in [0.5, 0.6) is 0 Å². The molecule has 0 aliphatic carbocycles. The maximum atomic E-state index is 11.1. The fourth-order valence-electron chi connectivity index (χ4n) is 2.55. The molecule has 2 aromatic carbocycles. The maximum Gasteiger partial charge on any atom is 0.273 e. The lowest BCUT2D eigenvalue weighted by molar-refractivity contribution is -0.385. The van der Waals surface area contributed by atoms with Crippen LogP contribution < -0.4 is 5.73 Å². The van der Waals surface area contributed by atoms with Crippen LogP contribution >= 0.6 is 0 Å². The molecule has 2 N–H and O–H groups in total. The van der Waals surface area contributed by atoms with Gasteiger partial charge in [0.25, 0.3) is 5.69 Å². The zero-order valence-electron chi connectivity index (χ0n) is 12.4. The predicted molar refractivity (Wildman–Crippen MR) is 88.1 cm³/mol. The Morgan fingerprint density at radius 3 is 2.78 bits per heavy atom. The van der Waals surface area contributed by atoms with Gasteiger partial charge < -0.3 is 10.3 Å². The summed E-state index contributed by atoms with van der Waals surface area (Å²) in [4.78, 5) is 15.1. The zero-order chi connectivity index (χ0) is 16.2. The number of aromatic nitrogens is 2. The molecule has 0 aliphatic heterocycles. The van der Waals surface area contributed by atoms with Gasteiger partial charge in [0.05, 0.1) is 4.92 Å². The van der Waals surface area contributed by atoms with Crippen LogP contribution in [0.3, 0.4) is 0 Å². The highest BCUT2D eigenvalue weighted by Crippen LogP contribution is 2.21. The molecule has 6 heteroatoms. The SMILES string of the molecule is Nc1cccc(Cn2ccnc2Cc2ccccc2[N+](=O)[O-])c1. The molecule has 0 unspecified atom stereocenters. The molecule has 0 radical (unpaired) electrons. The number of nitro benzene ring substituents is 1. The van der Waals surface area contributed by atoms with Crippen LogP contribution in [0.4, 0.5) is 11.4 Å². The smallest absolute Gasteiger partial charge is 0.273 e. The second-order valence-electron chi connectivity index (χ2n) is 5.28. The topological polar surface area (TPSA) is 87.0 Å². The van der Waals surface area contributed by atoms with Crippen LogP contribution in [0.2, 0.25) is 0 Å². The van der Waals surface area contributed by atoms with Gasteiger partial charge in [-0.15, -0.1) is 0 Å². The van der Waals surface area contributed by atoms with Crippen molar-refractivity contribution in [2.24, 2.45) is 0 Å². The van der Waals surface area contributed by atoms with Gasteiger partial charge in [0.1, 0.15) is 5.82 Å². The van der Waals surface area contributed by atoms with Crippen LogP contribution in [0.1, 0.15) is 17.0 Å². The Hall–Kier alpha value is -3.15. The standard InChI is InChI=1S/C17H16N4O2/c18-15-6-3-4-13(10-15)12-20-9-8-19-17(20)11-14-5-1-2-7-16(14)21(22)23/h1-10H,11-12,18H2. The Bertz CT molecular complexity index is 842. The molecule has 3 rings (SSSR count). The number of imidazole rings is 1. The molecule has 1 heterocycles. The van der Waals surface area contributed by atoms with Crippen molar-refractivity contribution < 1.29 is 4.92 Å². The number of para-hydroxylation sites is 1. The Morgan fingerprint density at radius 1 is 1.17 bits per heavy atom. The van der Waals surface area contributed by atoms with Crippen LogP contribution in [0.25, 0.3) is 0 Å². The maximum absolute atomic E-state index is 11.1. The van der Waals surface area contributed by atoms with Crippen molar-refractivity contribution in [3.63, 3.8) is 0 Å². The van der Waals surface area contributed by atoms with E-state index in [2.05, 4.69) is 4.98 Å². The zero-order valence-corrected chi connectivity index (χ0v) is 12.4. The second-order valence-corrected chi connectivity index (χ2v) is 5.28. The molecule has 6 nitrogen and oxygen atoms in total. The van der Waals surface area contributed by atoms with Crippen molar-refractivity contribution in [1.29, 1.82) is 0 Å². The number of benzene rings is 2. The molecule has 116 valence electrons. The van der Waals surface area contributed by atoms with E-state index >= 15 is 0 Å². The van der Waals surface area contributed by atoms with Crippen LogP contribution in [0.15, 0.2) is 60.9 Å². The first kappa shape index (κ1) is 14.8. The number of nitrogens with two attached hydrogens (primary N) is 1. The third-order valence-corrected chi connectivity index (χ3v) is 3.64. The summed E-state index contributed by atoms with van der Waals surface area (Å²) in [5.74, 6) is 0.779. The molecule has 0 atom stereocenters. The van der Waals surface area contributed by atoms with E-state index in [9.17, 15) is 10.1 Å². The number of nitrogen functional groups attached to an aromatic ring is 1. The first-order chi connectivity index (χ1) is 11.1. The van der Waals surface area contributed by atoms with Gasteiger partial charge in [0, 0.05) is 42.7 Å². The van der Waals surface area contributed by atoms with E-state index < -0.39 is 0 Å². The van der Waals surface area contributed by atoms with Crippen LogP contribution in [0, 0.1) is 10.1 Å². The number of hydrogen-bond donors (Lipinski definition) is 1. The minimum absolute atomic E-state index is 0.117. The Morgan fingerprint density at radius 2 is 2.00 bits per heavy atom. The van der Waals surface area contributed by atoms with Crippen molar-refractivity contribution >= 4 is 11.4 Å². The number of nitrogens with zero attached hydrogens (tertiary/aromatic N) is 3. The van der Waals surface area contributed by atoms with Crippen molar-refractivity contribution in [2.75, 3.05) is 5.73 Å². The van der Waals surface area contributed by atoms with Crippen molar-refractivity contribution in [1.82, 2.24) is 9.55 Å². The Balaban J connectivity index is 1.86. The molecule has 0 aliphatic rings. The van der Waals surface area contributed by atoms with E-state index in [-0.39, 0.29) is 10.6 Å². The number of anilines is 1. The first-order valence-electron chi connectivity index (χ1n) is 7.20. The first-order valence-corrected chi connectivity index (χ1v) is 7.20. The molecule has 0 bridgehead atoms. The predicted octanol–water partition coefficient (Wildman–Crippen LogP) is 3.01. The molecule has 0 spiro atoms. The molecule has 23 heavy (non-hydrogen) atoms. The number of nitro groups is 1. The van der Waals surface area contributed by atoms with Crippen LogP contribution in [-0.2, 0) is 13.0 Å². The van der Waals surface area contributed by atoms with E-state index in [4.69, 9.17) is 5.73 Å². The summed E-state index contributed by atoms with van der Waals surface area (Å²) in [6.45, 7) is 0.626. The fourth-order valence-corrected chi connectivity index (χ4v) is 2.55. The second kappa shape index (κ2) is 6.31.